The van der Waals surface area contributed by atoms with Gasteiger partial charge in [0.05, 0.1) is 6.54 Å². The summed E-state index contributed by atoms with van der Waals surface area (Å²) in [6.07, 6.45) is 6.00. The van der Waals surface area contributed by atoms with Gasteiger partial charge < -0.3 is 5.32 Å². The van der Waals surface area contributed by atoms with E-state index in [0.717, 1.165) is 23.4 Å². The van der Waals surface area contributed by atoms with Crippen molar-refractivity contribution < 1.29 is 4.79 Å². The minimum Gasteiger partial charge on any atom is -0.325 e. The number of carbonyl (C=O) groups excluding carboxylic acids is 1. The van der Waals surface area contributed by atoms with Crippen LogP contribution in [0.1, 0.15) is 18.4 Å². The van der Waals surface area contributed by atoms with Crippen molar-refractivity contribution in [1.82, 2.24) is 9.88 Å². The Balaban J connectivity index is 1.44. The molecule has 1 saturated carbocycles. The van der Waals surface area contributed by atoms with E-state index in [4.69, 9.17) is 0 Å². The number of nitrogens with zero attached hydrogens (tertiary/aromatic N) is 2. The van der Waals surface area contributed by atoms with Crippen LogP contribution in [0.2, 0.25) is 0 Å². The van der Waals surface area contributed by atoms with Gasteiger partial charge in [0.2, 0.25) is 5.91 Å². The minimum absolute atomic E-state index is 0.0384. The first-order chi connectivity index (χ1) is 13.3. The second-order valence-corrected chi connectivity index (χ2v) is 6.99. The molecule has 2 aromatic carbocycles. The Labute approximate surface area is 159 Å². The van der Waals surface area contributed by atoms with Crippen LogP contribution in [0.5, 0.6) is 0 Å². The number of benzene rings is 2. The zero-order valence-corrected chi connectivity index (χ0v) is 15.2. The number of aromatic nitrogens is 1. The van der Waals surface area contributed by atoms with Crippen molar-refractivity contribution in [2.24, 2.45) is 0 Å². The molecule has 0 saturated heterocycles. The van der Waals surface area contributed by atoms with Gasteiger partial charge in [-0.15, -0.1) is 0 Å². The summed E-state index contributed by atoms with van der Waals surface area (Å²) in [7, 11) is 0. The fraction of sp³-hybridized carbons (Fsp3) is 0.217. The van der Waals surface area contributed by atoms with E-state index in [1.807, 2.05) is 42.6 Å². The number of hydrogen-bond donors (Lipinski definition) is 1. The molecule has 1 amide bonds. The van der Waals surface area contributed by atoms with Crippen LogP contribution in [0.4, 0.5) is 5.69 Å². The standard InChI is InChI=1S/C23H23N3O/c27-23(25-21-9-2-1-3-10-21)17-26(22-11-12-22)16-18-6-4-7-19(14-18)20-8-5-13-24-15-20/h1-10,13-15,22H,11-12,16-17H2,(H,25,27). The van der Waals surface area contributed by atoms with Crippen LogP contribution in [-0.2, 0) is 11.3 Å². The number of nitrogens with one attached hydrogen (secondary N) is 1. The third-order valence-electron chi connectivity index (χ3n) is 4.78. The fourth-order valence-electron chi connectivity index (χ4n) is 3.28. The van der Waals surface area contributed by atoms with Gasteiger partial charge in [-0.1, -0.05) is 42.5 Å². The SMILES string of the molecule is O=C(CN(Cc1cccc(-c2cccnc2)c1)C1CC1)Nc1ccccc1. The molecule has 1 aliphatic rings. The summed E-state index contributed by atoms with van der Waals surface area (Å²) in [6, 6.07) is 22.7. The molecule has 0 bridgehead atoms. The van der Waals surface area contributed by atoms with Crippen LogP contribution in [0.15, 0.2) is 79.1 Å². The predicted octanol–water partition coefficient (Wildman–Crippen LogP) is 4.35. The molecular formula is C23H23N3O. The highest BCUT2D eigenvalue weighted by Gasteiger charge is 2.30. The number of para-hydroxylation sites is 1. The molecule has 0 aliphatic heterocycles. The lowest BCUT2D eigenvalue weighted by atomic mass is 10.0. The summed E-state index contributed by atoms with van der Waals surface area (Å²) in [5.74, 6) is 0.0384. The van der Waals surface area contributed by atoms with E-state index in [1.54, 1.807) is 6.20 Å². The number of pyridine rings is 1. The Hall–Kier alpha value is -2.98. The highest BCUT2D eigenvalue weighted by molar-refractivity contribution is 5.92. The zero-order valence-electron chi connectivity index (χ0n) is 15.2. The molecule has 4 rings (SSSR count). The lowest BCUT2D eigenvalue weighted by Crippen LogP contribution is -2.34. The maximum Gasteiger partial charge on any atom is 0.238 e. The van der Waals surface area contributed by atoms with Gasteiger partial charge >= 0.3 is 0 Å². The lowest BCUT2D eigenvalue weighted by Gasteiger charge is -2.22. The van der Waals surface area contributed by atoms with Gasteiger partial charge in [0, 0.05) is 30.7 Å². The Bertz CT molecular complexity index is 892. The van der Waals surface area contributed by atoms with Gasteiger partial charge in [-0.25, -0.2) is 0 Å². The zero-order chi connectivity index (χ0) is 18.5. The van der Waals surface area contributed by atoms with Crippen LogP contribution < -0.4 is 5.32 Å². The fourth-order valence-corrected chi connectivity index (χ4v) is 3.28. The predicted molar refractivity (Wildman–Crippen MR) is 108 cm³/mol. The molecule has 1 fully saturated rings. The summed E-state index contributed by atoms with van der Waals surface area (Å²) < 4.78 is 0. The van der Waals surface area contributed by atoms with E-state index in [0.29, 0.717) is 12.6 Å². The van der Waals surface area contributed by atoms with Gasteiger partial charge in [-0.05, 0) is 53.8 Å². The first-order valence-electron chi connectivity index (χ1n) is 9.36. The van der Waals surface area contributed by atoms with Crippen molar-refractivity contribution in [3.05, 3.63) is 84.7 Å². The molecule has 1 aliphatic carbocycles. The number of carbonyl (C=O) groups is 1. The van der Waals surface area contributed by atoms with Crippen molar-refractivity contribution in [1.29, 1.82) is 0 Å². The molecule has 0 atom stereocenters. The third-order valence-corrected chi connectivity index (χ3v) is 4.78. The molecule has 3 aromatic rings. The van der Waals surface area contributed by atoms with E-state index < -0.39 is 0 Å². The van der Waals surface area contributed by atoms with Gasteiger partial charge in [0.25, 0.3) is 0 Å². The van der Waals surface area contributed by atoms with Crippen molar-refractivity contribution in [2.75, 3.05) is 11.9 Å². The topological polar surface area (TPSA) is 45.2 Å². The maximum absolute atomic E-state index is 12.5. The van der Waals surface area contributed by atoms with Gasteiger partial charge in [-0.3, -0.25) is 14.7 Å². The molecule has 1 N–H and O–H groups in total. The molecule has 136 valence electrons. The molecule has 4 heteroatoms. The smallest absolute Gasteiger partial charge is 0.238 e. The van der Waals surface area contributed by atoms with E-state index >= 15 is 0 Å². The number of hydrogen-bond acceptors (Lipinski definition) is 3. The normalized spacial score (nSPS) is 13.5. The first kappa shape index (κ1) is 17.4. The molecule has 1 heterocycles. The second-order valence-electron chi connectivity index (χ2n) is 6.99. The summed E-state index contributed by atoms with van der Waals surface area (Å²) in [5.41, 5.74) is 4.33. The Kier molecular flexibility index (Phi) is 5.26. The Morgan fingerprint density at radius 3 is 2.56 bits per heavy atom. The second kappa shape index (κ2) is 8.14. The van der Waals surface area contributed by atoms with E-state index in [9.17, 15) is 4.79 Å². The largest absolute Gasteiger partial charge is 0.325 e. The van der Waals surface area contributed by atoms with Crippen molar-refractivity contribution in [3.63, 3.8) is 0 Å². The Morgan fingerprint density at radius 2 is 1.81 bits per heavy atom. The molecule has 4 nitrogen and oxygen atoms in total. The summed E-state index contributed by atoms with van der Waals surface area (Å²) in [6.45, 7) is 1.19. The molecule has 27 heavy (non-hydrogen) atoms. The summed E-state index contributed by atoms with van der Waals surface area (Å²) in [4.78, 5) is 19.0. The molecule has 0 radical (unpaired) electrons. The molecule has 1 aromatic heterocycles. The molecule has 0 unspecified atom stereocenters. The van der Waals surface area contributed by atoms with Gasteiger partial charge in [0.15, 0.2) is 0 Å². The van der Waals surface area contributed by atoms with Gasteiger partial charge in [-0.2, -0.15) is 0 Å². The monoisotopic (exact) mass is 357 g/mol. The van der Waals surface area contributed by atoms with Crippen LogP contribution in [0.25, 0.3) is 11.1 Å². The quantitative estimate of drug-likeness (QED) is 0.684. The van der Waals surface area contributed by atoms with E-state index in [2.05, 4.69) is 45.5 Å². The van der Waals surface area contributed by atoms with Crippen LogP contribution >= 0.6 is 0 Å². The van der Waals surface area contributed by atoms with Crippen LogP contribution in [0.3, 0.4) is 0 Å². The van der Waals surface area contributed by atoms with Crippen LogP contribution in [0, 0.1) is 0 Å². The molecule has 0 spiro atoms. The molecular weight excluding hydrogens is 334 g/mol. The highest BCUT2D eigenvalue weighted by atomic mass is 16.2. The lowest BCUT2D eigenvalue weighted by molar-refractivity contribution is -0.117. The number of anilines is 1. The average molecular weight is 357 g/mol. The minimum atomic E-state index is 0.0384. The highest BCUT2D eigenvalue weighted by Crippen LogP contribution is 2.29. The van der Waals surface area contributed by atoms with Crippen molar-refractivity contribution in [2.45, 2.75) is 25.4 Å². The Morgan fingerprint density at radius 1 is 1.00 bits per heavy atom. The first-order valence-corrected chi connectivity index (χ1v) is 9.36. The van der Waals surface area contributed by atoms with Crippen LogP contribution in [-0.4, -0.2) is 28.4 Å². The van der Waals surface area contributed by atoms with E-state index in [-0.39, 0.29) is 5.91 Å². The third kappa shape index (κ3) is 4.80. The van der Waals surface area contributed by atoms with Crippen molar-refractivity contribution >= 4 is 11.6 Å². The summed E-state index contributed by atoms with van der Waals surface area (Å²) in [5, 5.41) is 2.99. The van der Waals surface area contributed by atoms with Crippen molar-refractivity contribution in [3.8, 4) is 11.1 Å². The van der Waals surface area contributed by atoms with Gasteiger partial charge in [0.1, 0.15) is 0 Å². The average Bonchev–Trinajstić information content (AvgIpc) is 3.54. The number of amides is 1. The summed E-state index contributed by atoms with van der Waals surface area (Å²) >= 11 is 0. The number of rotatable bonds is 7. The van der Waals surface area contributed by atoms with E-state index in [1.165, 1.54) is 18.4 Å². The maximum atomic E-state index is 12.5.